The van der Waals surface area contributed by atoms with E-state index in [1.807, 2.05) is 18.7 Å². The number of amides is 1. The molecule has 0 N–H and O–H groups in total. The Labute approximate surface area is 90.4 Å². The van der Waals surface area contributed by atoms with Gasteiger partial charge < -0.3 is 9.64 Å². The summed E-state index contributed by atoms with van der Waals surface area (Å²) in [6.45, 7) is 6.10. The van der Waals surface area contributed by atoms with Crippen LogP contribution in [0, 0.1) is 5.92 Å². The normalized spacial score (nSPS) is 25.6. The fraction of sp³-hybridized carbons (Fsp3) is 0.900. The smallest absolute Gasteiger partial charge is 0.226 e. The van der Waals surface area contributed by atoms with E-state index in [4.69, 9.17) is 16.3 Å². The molecule has 1 aliphatic heterocycles. The highest BCUT2D eigenvalue weighted by molar-refractivity contribution is 6.19. The van der Waals surface area contributed by atoms with Gasteiger partial charge in [0.1, 0.15) is 0 Å². The van der Waals surface area contributed by atoms with Gasteiger partial charge in [-0.15, -0.1) is 11.6 Å². The zero-order valence-electron chi connectivity index (χ0n) is 8.83. The van der Waals surface area contributed by atoms with Gasteiger partial charge in [0.25, 0.3) is 0 Å². The number of carbonyl (C=O) groups is 1. The second kappa shape index (κ2) is 5.56. The largest absolute Gasteiger partial charge is 0.377 e. The van der Waals surface area contributed by atoms with Gasteiger partial charge in [-0.25, -0.2) is 0 Å². The lowest BCUT2D eigenvalue weighted by atomic mass is 10.1. The molecule has 0 aromatic rings. The Hall–Kier alpha value is -0.280. The lowest BCUT2D eigenvalue weighted by Crippen LogP contribution is -2.39. The summed E-state index contributed by atoms with van der Waals surface area (Å²) in [5, 5.41) is 0. The molecule has 1 fully saturated rings. The van der Waals surface area contributed by atoms with Crippen LogP contribution in [0.1, 0.15) is 20.3 Å². The molecule has 0 aromatic heterocycles. The van der Waals surface area contributed by atoms with Gasteiger partial charge in [0.05, 0.1) is 6.10 Å². The van der Waals surface area contributed by atoms with Crippen molar-refractivity contribution >= 4 is 17.5 Å². The number of nitrogens with zero attached hydrogens (tertiary/aromatic N) is 1. The quantitative estimate of drug-likeness (QED) is 0.659. The number of hydrogen-bond acceptors (Lipinski definition) is 2. The Kier molecular flexibility index (Phi) is 4.69. The molecule has 1 saturated heterocycles. The number of alkyl halides is 1. The molecule has 3 nitrogen and oxygen atoms in total. The topological polar surface area (TPSA) is 29.5 Å². The van der Waals surface area contributed by atoms with Crippen LogP contribution in [0.2, 0.25) is 0 Å². The molecule has 2 unspecified atom stereocenters. The van der Waals surface area contributed by atoms with E-state index in [0.29, 0.717) is 12.4 Å². The van der Waals surface area contributed by atoms with Crippen LogP contribution in [-0.4, -0.2) is 42.5 Å². The van der Waals surface area contributed by atoms with E-state index < -0.39 is 0 Å². The van der Waals surface area contributed by atoms with Crippen LogP contribution in [0.3, 0.4) is 0 Å². The van der Waals surface area contributed by atoms with Gasteiger partial charge in [0.2, 0.25) is 5.91 Å². The standard InChI is InChI=1S/C10H18ClNO2/c1-8(6-11)10(13)12-4-3-5-14-9(2)7-12/h8-9H,3-7H2,1-2H3. The Balaban J connectivity index is 2.52. The molecular weight excluding hydrogens is 202 g/mol. The van der Waals surface area contributed by atoms with Crippen LogP contribution in [0.25, 0.3) is 0 Å². The first-order valence-electron chi connectivity index (χ1n) is 5.11. The third-order valence-corrected chi connectivity index (χ3v) is 2.88. The number of halogens is 1. The molecule has 14 heavy (non-hydrogen) atoms. The van der Waals surface area contributed by atoms with Crippen molar-refractivity contribution in [3.05, 3.63) is 0 Å². The lowest BCUT2D eigenvalue weighted by molar-refractivity contribution is -0.135. The van der Waals surface area contributed by atoms with E-state index in [2.05, 4.69) is 0 Å². The van der Waals surface area contributed by atoms with E-state index in [1.54, 1.807) is 0 Å². The van der Waals surface area contributed by atoms with Crippen molar-refractivity contribution in [3.8, 4) is 0 Å². The van der Waals surface area contributed by atoms with Gasteiger partial charge in [-0.05, 0) is 13.3 Å². The molecule has 0 bridgehead atoms. The average Bonchev–Trinajstić information content (AvgIpc) is 2.40. The maximum Gasteiger partial charge on any atom is 0.226 e. The molecule has 1 aliphatic rings. The lowest BCUT2D eigenvalue weighted by Gasteiger charge is -2.24. The van der Waals surface area contributed by atoms with Gasteiger partial charge in [-0.1, -0.05) is 6.92 Å². The highest BCUT2D eigenvalue weighted by Gasteiger charge is 2.23. The summed E-state index contributed by atoms with van der Waals surface area (Å²) in [7, 11) is 0. The van der Waals surface area contributed by atoms with E-state index in [9.17, 15) is 4.79 Å². The first kappa shape index (κ1) is 11.8. The first-order valence-corrected chi connectivity index (χ1v) is 5.65. The maximum absolute atomic E-state index is 11.8. The minimum absolute atomic E-state index is 0.0815. The number of carbonyl (C=O) groups excluding carboxylic acids is 1. The summed E-state index contributed by atoms with van der Waals surface area (Å²) < 4.78 is 5.47. The Bertz CT molecular complexity index is 199. The molecule has 1 amide bonds. The summed E-state index contributed by atoms with van der Waals surface area (Å²) in [6.07, 6.45) is 1.06. The molecule has 0 aliphatic carbocycles. The Morgan fingerprint density at radius 3 is 3.07 bits per heavy atom. The number of hydrogen-bond donors (Lipinski definition) is 0. The monoisotopic (exact) mass is 219 g/mol. The van der Waals surface area contributed by atoms with Crippen molar-refractivity contribution in [3.63, 3.8) is 0 Å². The van der Waals surface area contributed by atoms with Gasteiger partial charge >= 0.3 is 0 Å². The molecule has 0 radical (unpaired) electrons. The molecule has 2 atom stereocenters. The minimum Gasteiger partial charge on any atom is -0.377 e. The van der Waals surface area contributed by atoms with Crippen LogP contribution in [0.15, 0.2) is 0 Å². The molecule has 1 heterocycles. The molecule has 82 valence electrons. The Morgan fingerprint density at radius 1 is 1.71 bits per heavy atom. The van der Waals surface area contributed by atoms with Crippen molar-refractivity contribution < 1.29 is 9.53 Å². The van der Waals surface area contributed by atoms with Crippen molar-refractivity contribution in [1.82, 2.24) is 4.90 Å². The van der Waals surface area contributed by atoms with E-state index in [0.717, 1.165) is 19.6 Å². The summed E-state index contributed by atoms with van der Waals surface area (Å²) in [5.74, 6) is 0.462. The Morgan fingerprint density at radius 2 is 2.43 bits per heavy atom. The van der Waals surface area contributed by atoms with Crippen LogP contribution in [0.5, 0.6) is 0 Å². The van der Waals surface area contributed by atoms with Gasteiger partial charge in [-0.3, -0.25) is 4.79 Å². The molecule has 1 rings (SSSR count). The third kappa shape index (κ3) is 3.14. The second-order valence-corrected chi connectivity index (χ2v) is 4.18. The minimum atomic E-state index is -0.0815. The first-order chi connectivity index (χ1) is 6.65. The number of rotatable bonds is 2. The van der Waals surface area contributed by atoms with E-state index in [-0.39, 0.29) is 17.9 Å². The molecule has 0 saturated carbocycles. The summed E-state index contributed by atoms with van der Waals surface area (Å²) in [5.41, 5.74) is 0. The highest BCUT2D eigenvalue weighted by Crippen LogP contribution is 2.10. The van der Waals surface area contributed by atoms with Crippen molar-refractivity contribution in [1.29, 1.82) is 0 Å². The van der Waals surface area contributed by atoms with Crippen LogP contribution in [-0.2, 0) is 9.53 Å². The van der Waals surface area contributed by atoms with Gasteiger partial charge in [-0.2, -0.15) is 0 Å². The zero-order valence-corrected chi connectivity index (χ0v) is 9.59. The fourth-order valence-electron chi connectivity index (χ4n) is 1.57. The van der Waals surface area contributed by atoms with Crippen molar-refractivity contribution in [2.45, 2.75) is 26.4 Å². The van der Waals surface area contributed by atoms with Gasteiger partial charge in [0, 0.05) is 31.5 Å². The highest BCUT2D eigenvalue weighted by atomic mass is 35.5. The van der Waals surface area contributed by atoms with Crippen molar-refractivity contribution in [2.75, 3.05) is 25.6 Å². The zero-order chi connectivity index (χ0) is 10.6. The summed E-state index contributed by atoms with van der Waals surface area (Å²) >= 11 is 5.66. The fourth-order valence-corrected chi connectivity index (χ4v) is 1.70. The van der Waals surface area contributed by atoms with Crippen LogP contribution >= 0.6 is 11.6 Å². The average molecular weight is 220 g/mol. The second-order valence-electron chi connectivity index (χ2n) is 3.87. The SMILES string of the molecule is CC1CN(C(=O)C(C)CCl)CCCO1. The molecule has 0 aromatic carbocycles. The predicted octanol–water partition coefficient (Wildman–Crippen LogP) is 1.50. The van der Waals surface area contributed by atoms with Crippen LogP contribution in [0.4, 0.5) is 0 Å². The van der Waals surface area contributed by atoms with E-state index in [1.165, 1.54) is 0 Å². The van der Waals surface area contributed by atoms with Gasteiger partial charge in [0.15, 0.2) is 0 Å². The molecular formula is C10H18ClNO2. The third-order valence-electron chi connectivity index (χ3n) is 2.42. The summed E-state index contributed by atoms with van der Waals surface area (Å²) in [6, 6.07) is 0. The predicted molar refractivity (Wildman–Crippen MR) is 56.5 cm³/mol. The van der Waals surface area contributed by atoms with E-state index >= 15 is 0 Å². The molecule has 4 heteroatoms. The summed E-state index contributed by atoms with van der Waals surface area (Å²) in [4.78, 5) is 13.7. The molecule has 0 spiro atoms. The van der Waals surface area contributed by atoms with Crippen molar-refractivity contribution in [2.24, 2.45) is 5.92 Å². The van der Waals surface area contributed by atoms with Crippen LogP contribution < -0.4 is 0 Å². The number of ether oxygens (including phenoxy) is 1. The maximum atomic E-state index is 11.8.